The molecule has 36 heavy (non-hydrogen) atoms. The van der Waals surface area contributed by atoms with Crippen molar-refractivity contribution in [1.29, 1.82) is 0 Å². The minimum atomic E-state index is -9.69. The number of hydrogen-bond donors (Lipinski definition) is 0. The highest BCUT2D eigenvalue weighted by Crippen LogP contribution is 3.02. The summed E-state index contributed by atoms with van der Waals surface area (Å²) in [5.74, 6) is 1.47. The zero-order valence-electron chi connectivity index (χ0n) is 18.6. The molecule has 0 N–H and O–H groups in total. The number of ether oxygens (including phenoxy) is 2. The van der Waals surface area contributed by atoms with Gasteiger partial charge in [-0.25, -0.2) is 4.98 Å². The summed E-state index contributed by atoms with van der Waals surface area (Å²) in [4.78, 5) is 2.26. The molecule has 0 aliphatic carbocycles. The SMILES string of the molecule is FS(F)(F)(F)(F)c1ccc(/C=C/c2nc(COc3ccc(OCCCn4ccnn4)cc3)co2)cc1. The van der Waals surface area contributed by atoms with Crippen LogP contribution in [0.15, 0.2) is 76.5 Å². The van der Waals surface area contributed by atoms with Crippen LogP contribution in [-0.4, -0.2) is 26.6 Å². The summed E-state index contributed by atoms with van der Waals surface area (Å²) in [6.45, 7) is 1.35. The molecule has 0 spiro atoms. The molecule has 0 amide bonds. The number of rotatable bonds is 11. The molecule has 0 unspecified atom stereocenters. The Hall–Kier alpha value is -3.87. The molecule has 0 radical (unpaired) electrons. The third-order valence-corrected chi connectivity index (χ3v) is 5.96. The molecular formula is C23H21F5N4O3S. The fourth-order valence-electron chi connectivity index (χ4n) is 3.03. The summed E-state index contributed by atoms with van der Waals surface area (Å²) in [6, 6.07) is 9.67. The highest BCUT2D eigenvalue weighted by Gasteiger charge is 2.65. The van der Waals surface area contributed by atoms with Crippen LogP contribution in [0, 0.1) is 0 Å². The average Bonchev–Trinajstić information content (AvgIpc) is 3.51. The van der Waals surface area contributed by atoms with Gasteiger partial charge in [-0.05, 0) is 48.0 Å². The van der Waals surface area contributed by atoms with E-state index < -0.39 is 15.1 Å². The summed E-state index contributed by atoms with van der Waals surface area (Å²) in [5.41, 5.74) is 0.761. The van der Waals surface area contributed by atoms with E-state index in [0.29, 0.717) is 42.5 Å². The predicted octanol–water partition coefficient (Wildman–Crippen LogP) is 7.14. The standard InChI is InChI=1S/C23H21F5N4O3S/c24-36(25,26,27,28)22-9-2-18(3-10-22)4-11-23-30-19(17-35-23)16-34-21-7-5-20(6-8-21)33-15-1-13-32-14-12-29-31-32/h2-12,14,17H,1,13,15-16H2/b11-4+. The van der Waals surface area contributed by atoms with Crippen molar-refractivity contribution >= 4 is 22.4 Å². The summed E-state index contributed by atoms with van der Waals surface area (Å²) in [5, 5.41) is 7.62. The van der Waals surface area contributed by atoms with Gasteiger partial charge in [-0.2, -0.15) is 0 Å². The summed E-state index contributed by atoms with van der Waals surface area (Å²) >= 11 is 0. The Kier molecular flexibility index (Phi) is 6.52. The topological polar surface area (TPSA) is 75.2 Å². The molecule has 7 nitrogen and oxygen atoms in total. The summed E-state index contributed by atoms with van der Waals surface area (Å²) < 4.78 is 82.3. The Morgan fingerprint density at radius 3 is 2.22 bits per heavy atom. The zero-order valence-corrected chi connectivity index (χ0v) is 19.5. The summed E-state index contributed by atoms with van der Waals surface area (Å²) in [6.07, 6.45) is 8.37. The van der Waals surface area contributed by atoms with Crippen molar-refractivity contribution in [3.8, 4) is 11.5 Å². The number of nitrogens with zero attached hydrogens (tertiary/aromatic N) is 4. The van der Waals surface area contributed by atoms with E-state index in [4.69, 9.17) is 13.9 Å². The van der Waals surface area contributed by atoms with Crippen LogP contribution in [-0.2, 0) is 13.2 Å². The predicted molar refractivity (Wildman–Crippen MR) is 124 cm³/mol. The van der Waals surface area contributed by atoms with Gasteiger partial charge in [-0.3, -0.25) is 4.68 Å². The van der Waals surface area contributed by atoms with Crippen molar-refractivity contribution in [2.75, 3.05) is 6.61 Å². The van der Waals surface area contributed by atoms with Gasteiger partial charge >= 0.3 is 10.2 Å². The van der Waals surface area contributed by atoms with E-state index in [1.165, 1.54) is 18.4 Å². The Bertz CT molecular complexity index is 1310. The molecule has 0 aliphatic rings. The van der Waals surface area contributed by atoms with Crippen LogP contribution < -0.4 is 9.47 Å². The van der Waals surface area contributed by atoms with Crippen LogP contribution in [0.1, 0.15) is 23.6 Å². The smallest absolute Gasteiger partial charge is 0.310 e. The Morgan fingerprint density at radius 2 is 1.58 bits per heavy atom. The molecule has 2 heterocycles. The molecule has 192 valence electrons. The second kappa shape index (κ2) is 9.30. The van der Waals surface area contributed by atoms with Gasteiger partial charge in [0.2, 0.25) is 5.89 Å². The van der Waals surface area contributed by atoms with Gasteiger partial charge < -0.3 is 13.9 Å². The van der Waals surface area contributed by atoms with Crippen molar-refractivity contribution in [3.63, 3.8) is 0 Å². The average molecular weight is 529 g/mol. The first-order valence-corrected chi connectivity index (χ1v) is 12.6. The molecule has 4 rings (SSSR count). The number of oxazole rings is 1. The van der Waals surface area contributed by atoms with E-state index in [2.05, 4.69) is 15.3 Å². The molecule has 0 atom stereocenters. The van der Waals surface area contributed by atoms with Crippen LogP contribution in [0.3, 0.4) is 0 Å². The van der Waals surface area contributed by atoms with Crippen LogP contribution in [0.5, 0.6) is 11.5 Å². The van der Waals surface area contributed by atoms with Gasteiger partial charge in [-0.1, -0.05) is 36.8 Å². The Balaban J connectivity index is 1.23. The van der Waals surface area contributed by atoms with Crippen LogP contribution in [0.4, 0.5) is 19.4 Å². The Morgan fingerprint density at radius 1 is 0.889 bits per heavy atom. The van der Waals surface area contributed by atoms with Gasteiger partial charge in [0.05, 0.1) is 12.8 Å². The molecule has 0 bridgehead atoms. The third kappa shape index (κ3) is 7.31. The maximum atomic E-state index is 12.8. The van der Waals surface area contributed by atoms with E-state index in [9.17, 15) is 19.4 Å². The van der Waals surface area contributed by atoms with E-state index in [-0.39, 0.29) is 18.1 Å². The first kappa shape index (κ1) is 25.2. The van der Waals surface area contributed by atoms with Crippen molar-refractivity contribution in [1.82, 2.24) is 20.0 Å². The first-order chi connectivity index (χ1) is 16.9. The van der Waals surface area contributed by atoms with Crippen molar-refractivity contribution < 1.29 is 33.3 Å². The second-order valence-corrected chi connectivity index (χ2v) is 10.1. The highest BCUT2D eigenvalue weighted by atomic mass is 32.5. The number of aromatic nitrogens is 4. The first-order valence-electron chi connectivity index (χ1n) is 10.6. The van der Waals surface area contributed by atoms with Gasteiger partial charge in [-0.15, -0.1) is 5.10 Å². The lowest BCUT2D eigenvalue weighted by Gasteiger charge is -2.40. The van der Waals surface area contributed by atoms with E-state index in [1.807, 2.05) is 0 Å². The van der Waals surface area contributed by atoms with Gasteiger partial charge in [0.25, 0.3) is 0 Å². The lowest BCUT2D eigenvalue weighted by Crippen LogP contribution is -2.05. The van der Waals surface area contributed by atoms with Crippen molar-refractivity contribution in [2.45, 2.75) is 24.5 Å². The molecule has 4 aromatic rings. The van der Waals surface area contributed by atoms with Crippen molar-refractivity contribution in [2.24, 2.45) is 0 Å². The Labute approximate surface area is 202 Å². The monoisotopic (exact) mass is 528 g/mol. The number of aryl methyl sites for hydroxylation is 1. The van der Waals surface area contributed by atoms with Crippen LogP contribution in [0.2, 0.25) is 0 Å². The molecule has 2 aromatic carbocycles. The quantitative estimate of drug-likeness (QED) is 0.152. The maximum Gasteiger partial charge on any atom is 0.310 e. The lowest BCUT2D eigenvalue weighted by atomic mass is 10.2. The van der Waals surface area contributed by atoms with Gasteiger partial charge in [0, 0.05) is 25.2 Å². The number of benzene rings is 2. The normalized spacial score (nSPS) is 13.9. The molecule has 0 aliphatic heterocycles. The second-order valence-electron chi connectivity index (χ2n) is 7.68. The van der Waals surface area contributed by atoms with Crippen LogP contribution >= 0.6 is 10.2 Å². The molecule has 0 saturated carbocycles. The van der Waals surface area contributed by atoms with E-state index in [0.717, 1.165) is 18.6 Å². The fourth-order valence-corrected chi connectivity index (χ4v) is 3.68. The molecule has 0 saturated heterocycles. The number of hydrogen-bond acceptors (Lipinski definition) is 6. The third-order valence-electron chi connectivity index (χ3n) is 4.80. The zero-order chi connectivity index (χ0) is 25.7. The lowest BCUT2D eigenvalue weighted by molar-refractivity contribution is 0.291. The largest absolute Gasteiger partial charge is 0.494 e. The molecular weight excluding hydrogens is 507 g/mol. The minimum Gasteiger partial charge on any atom is -0.494 e. The summed E-state index contributed by atoms with van der Waals surface area (Å²) in [7, 11) is -9.69. The van der Waals surface area contributed by atoms with Gasteiger partial charge in [0.15, 0.2) is 0 Å². The number of halogens is 5. The van der Waals surface area contributed by atoms with Crippen molar-refractivity contribution in [3.05, 3.63) is 84.3 Å². The molecule has 0 fully saturated rings. The highest BCUT2D eigenvalue weighted by molar-refractivity contribution is 8.45. The molecule has 2 aromatic heterocycles. The fraction of sp³-hybridized carbons (Fsp3) is 0.174. The van der Waals surface area contributed by atoms with E-state index in [1.54, 1.807) is 41.3 Å². The van der Waals surface area contributed by atoms with E-state index >= 15 is 0 Å². The molecule has 13 heteroatoms. The van der Waals surface area contributed by atoms with Gasteiger partial charge in [0.1, 0.15) is 35.0 Å². The maximum absolute atomic E-state index is 12.8. The minimum absolute atomic E-state index is 0.119. The van der Waals surface area contributed by atoms with Crippen LogP contribution in [0.25, 0.3) is 12.2 Å².